The maximum Gasteiger partial charge on any atom is 0.573 e. The van der Waals surface area contributed by atoms with E-state index >= 15 is 0 Å². The minimum atomic E-state index is -4.76. The number of alkyl halides is 3. The number of nitrogens with two attached hydrogens (primary N) is 1. The number of anilines is 2. The Morgan fingerprint density at radius 2 is 1.97 bits per heavy atom. The van der Waals surface area contributed by atoms with Crippen LogP contribution in [0.5, 0.6) is 5.75 Å². The quantitative estimate of drug-likeness (QED) is 0.325. The number of carbonyl (C=O) groups is 1. The predicted octanol–water partition coefficient (Wildman–Crippen LogP) is 3.85. The molecule has 4 aromatic rings. The Morgan fingerprint density at radius 3 is 2.58 bits per heavy atom. The molecule has 0 aliphatic heterocycles. The second kappa shape index (κ2) is 10.0. The lowest BCUT2D eigenvalue weighted by atomic mass is 10.2. The van der Waals surface area contributed by atoms with E-state index in [4.69, 9.17) is 15.9 Å². The Morgan fingerprint density at radius 1 is 1.21 bits per heavy atom. The summed E-state index contributed by atoms with van der Waals surface area (Å²) in [5.74, 6) is -0.951. The number of imidazole rings is 1. The molecule has 2 heterocycles. The maximum atomic E-state index is 12.4. The third-order valence-electron chi connectivity index (χ3n) is 4.30. The molecular weight excluding hydrogens is 463 g/mol. The van der Waals surface area contributed by atoms with Gasteiger partial charge in [0.15, 0.2) is 5.13 Å². The van der Waals surface area contributed by atoms with E-state index in [0.29, 0.717) is 33.4 Å². The van der Waals surface area contributed by atoms with E-state index in [-0.39, 0.29) is 17.9 Å². The summed E-state index contributed by atoms with van der Waals surface area (Å²) in [6.07, 6.45) is -4.04. The standard InChI is InChI=1S/C17H11F3N4O3S.C3H9NO/c1-24-12-5-2-8(14(25)26)6-11(12)21-15(24)23-16-22-10-4-3-9(7-13(10)28-16)27-17(18,19)20;4-2-1-3-5/h2-7H,1H3,(H,25,26)(H,21,22,23);5H,1-4H2. The summed E-state index contributed by atoms with van der Waals surface area (Å²) in [5.41, 5.74) is 6.82. The van der Waals surface area contributed by atoms with Crippen LogP contribution < -0.4 is 15.8 Å². The maximum absolute atomic E-state index is 12.4. The molecule has 4 rings (SSSR count). The molecule has 0 atom stereocenters. The molecule has 0 bridgehead atoms. The fourth-order valence-electron chi connectivity index (χ4n) is 2.79. The van der Waals surface area contributed by atoms with Crippen LogP contribution in [0.2, 0.25) is 0 Å². The summed E-state index contributed by atoms with van der Waals surface area (Å²) in [6.45, 7) is 0.812. The van der Waals surface area contributed by atoms with Crippen molar-refractivity contribution in [3.63, 3.8) is 0 Å². The van der Waals surface area contributed by atoms with Gasteiger partial charge < -0.3 is 30.6 Å². The van der Waals surface area contributed by atoms with E-state index in [1.165, 1.54) is 30.3 Å². The first-order valence-electron chi connectivity index (χ1n) is 9.55. The molecule has 13 heteroatoms. The third-order valence-corrected chi connectivity index (χ3v) is 5.24. The zero-order valence-corrected chi connectivity index (χ0v) is 18.1. The van der Waals surface area contributed by atoms with Gasteiger partial charge in [0, 0.05) is 19.7 Å². The van der Waals surface area contributed by atoms with Gasteiger partial charge in [0.1, 0.15) is 5.75 Å². The lowest BCUT2D eigenvalue weighted by Gasteiger charge is -2.07. The minimum Gasteiger partial charge on any atom is -0.478 e. The van der Waals surface area contributed by atoms with E-state index in [1.807, 2.05) is 0 Å². The van der Waals surface area contributed by atoms with Crippen LogP contribution in [-0.4, -0.2) is 50.2 Å². The minimum absolute atomic E-state index is 0.120. The highest BCUT2D eigenvalue weighted by Crippen LogP contribution is 2.33. The molecule has 176 valence electrons. The van der Waals surface area contributed by atoms with Crippen molar-refractivity contribution in [1.29, 1.82) is 0 Å². The van der Waals surface area contributed by atoms with Crippen LogP contribution in [0.15, 0.2) is 36.4 Å². The molecule has 2 aromatic carbocycles. The number of aliphatic hydroxyl groups is 1. The topological polar surface area (TPSA) is 136 Å². The van der Waals surface area contributed by atoms with Gasteiger partial charge in [-0.1, -0.05) is 11.3 Å². The summed E-state index contributed by atoms with van der Waals surface area (Å²) >= 11 is 1.14. The summed E-state index contributed by atoms with van der Waals surface area (Å²) in [7, 11) is 1.75. The van der Waals surface area contributed by atoms with Crippen LogP contribution in [0.3, 0.4) is 0 Å². The summed E-state index contributed by atoms with van der Waals surface area (Å²) < 4.78 is 43.2. The highest BCUT2D eigenvalue weighted by Gasteiger charge is 2.31. The Bertz CT molecular complexity index is 1270. The molecule has 0 fully saturated rings. The van der Waals surface area contributed by atoms with Gasteiger partial charge in [-0.05, 0) is 43.3 Å². The highest BCUT2D eigenvalue weighted by atomic mass is 32.1. The molecule has 0 amide bonds. The summed E-state index contributed by atoms with van der Waals surface area (Å²) in [4.78, 5) is 19.8. The first-order valence-corrected chi connectivity index (χ1v) is 10.4. The fourth-order valence-corrected chi connectivity index (χ4v) is 3.68. The Hall–Kier alpha value is -3.42. The third kappa shape index (κ3) is 6.09. The van der Waals surface area contributed by atoms with Gasteiger partial charge in [-0.2, -0.15) is 0 Å². The molecule has 0 aliphatic rings. The van der Waals surface area contributed by atoms with E-state index in [0.717, 1.165) is 23.3 Å². The van der Waals surface area contributed by atoms with Gasteiger partial charge in [-0.15, -0.1) is 13.2 Å². The zero-order chi connectivity index (χ0) is 24.2. The molecule has 33 heavy (non-hydrogen) atoms. The lowest BCUT2D eigenvalue weighted by Crippen LogP contribution is -2.16. The number of thiazole rings is 1. The van der Waals surface area contributed by atoms with E-state index in [1.54, 1.807) is 17.7 Å². The summed E-state index contributed by atoms with van der Waals surface area (Å²) in [6, 6.07) is 8.49. The number of carboxylic acids is 1. The van der Waals surface area contributed by atoms with Crippen molar-refractivity contribution in [2.75, 3.05) is 18.5 Å². The number of aromatic carboxylic acids is 1. The van der Waals surface area contributed by atoms with Gasteiger partial charge in [-0.3, -0.25) is 0 Å². The van der Waals surface area contributed by atoms with E-state index < -0.39 is 12.3 Å². The van der Waals surface area contributed by atoms with Crippen molar-refractivity contribution in [2.24, 2.45) is 12.8 Å². The molecule has 0 spiro atoms. The van der Waals surface area contributed by atoms with Crippen molar-refractivity contribution in [1.82, 2.24) is 14.5 Å². The first-order chi connectivity index (χ1) is 15.6. The molecule has 0 radical (unpaired) electrons. The second-order valence-corrected chi connectivity index (χ2v) is 7.72. The number of aliphatic hydroxyl groups excluding tert-OH is 1. The van der Waals surface area contributed by atoms with Crippen LogP contribution in [0, 0.1) is 0 Å². The molecule has 0 aliphatic carbocycles. The zero-order valence-electron chi connectivity index (χ0n) is 17.3. The number of hydrogen-bond acceptors (Lipinski definition) is 8. The molecule has 0 saturated carbocycles. The first kappa shape index (κ1) is 24.2. The van der Waals surface area contributed by atoms with Gasteiger partial charge in [-0.25, -0.2) is 14.8 Å². The normalized spacial score (nSPS) is 11.3. The number of fused-ring (bicyclic) bond motifs is 2. The Labute approximate surface area is 189 Å². The van der Waals surface area contributed by atoms with Gasteiger partial charge in [0.05, 0.1) is 26.8 Å². The van der Waals surface area contributed by atoms with Crippen LogP contribution in [-0.2, 0) is 7.05 Å². The summed E-state index contributed by atoms with van der Waals surface area (Å²) in [5, 5.41) is 20.5. The molecule has 0 saturated heterocycles. The van der Waals surface area contributed by atoms with Gasteiger partial charge in [0.25, 0.3) is 0 Å². The predicted molar refractivity (Wildman–Crippen MR) is 118 cm³/mol. The number of aryl methyl sites for hydroxylation is 1. The van der Waals surface area contributed by atoms with Gasteiger partial charge in [0.2, 0.25) is 5.95 Å². The molecular formula is C20H20F3N5O4S. The average molecular weight is 483 g/mol. The fraction of sp³-hybridized carbons (Fsp3) is 0.250. The molecule has 5 N–H and O–H groups in total. The number of aromatic nitrogens is 3. The average Bonchev–Trinajstić information content (AvgIpc) is 3.27. The number of rotatable bonds is 6. The van der Waals surface area contributed by atoms with Crippen LogP contribution in [0.4, 0.5) is 24.3 Å². The lowest BCUT2D eigenvalue weighted by molar-refractivity contribution is -0.274. The van der Waals surface area contributed by atoms with E-state index in [9.17, 15) is 18.0 Å². The van der Waals surface area contributed by atoms with Gasteiger partial charge >= 0.3 is 12.3 Å². The van der Waals surface area contributed by atoms with Crippen molar-refractivity contribution in [2.45, 2.75) is 12.8 Å². The number of hydrogen-bond donors (Lipinski definition) is 4. The number of halogens is 3. The van der Waals surface area contributed by atoms with E-state index in [2.05, 4.69) is 20.0 Å². The number of nitrogens with one attached hydrogen (secondary N) is 1. The molecule has 2 aromatic heterocycles. The number of carboxylic acid groups (broad SMARTS) is 1. The second-order valence-electron chi connectivity index (χ2n) is 6.69. The van der Waals surface area contributed by atoms with Crippen LogP contribution in [0.25, 0.3) is 21.3 Å². The molecule has 0 unspecified atom stereocenters. The van der Waals surface area contributed by atoms with Crippen molar-refractivity contribution < 1.29 is 32.9 Å². The largest absolute Gasteiger partial charge is 0.573 e. The number of benzene rings is 2. The number of nitrogens with zero attached hydrogens (tertiary/aromatic N) is 3. The molecule has 9 nitrogen and oxygen atoms in total. The highest BCUT2D eigenvalue weighted by molar-refractivity contribution is 7.22. The van der Waals surface area contributed by atoms with Crippen molar-refractivity contribution in [3.8, 4) is 5.75 Å². The van der Waals surface area contributed by atoms with Crippen LogP contribution >= 0.6 is 11.3 Å². The SMILES string of the molecule is Cn1c(Nc2nc3ccc(OC(F)(F)F)cc3s2)nc2cc(C(=O)O)ccc21.NCCCO. The van der Waals surface area contributed by atoms with Crippen molar-refractivity contribution >= 4 is 49.6 Å². The van der Waals surface area contributed by atoms with Crippen LogP contribution in [0.1, 0.15) is 16.8 Å². The Balaban J connectivity index is 0.000000555. The Kier molecular flexibility index (Phi) is 7.36. The number of ether oxygens (including phenoxy) is 1. The smallest absolute Gasteiger partial charge is 0.478 e. The monoisotopic (exact) mass is 483 g/mol. The van der Waals surface area contributed by atoms with Crippen molar-refractivity contribution in [3.05, 3.63) is 42.0 Å².